The minimum atomic E-state index is -0.498. The number of anilines is 1. The number of hydrogen-bond acceptors (Lipinski definition) is 3. The van der Waals surface area contributed by atoms with Crippen LogP contribution in [0.1, 0.15) is 44.7 Å². The van der Waals surface area contributed by atoms with E-state index in [2.05, 4.69) is 65.2 Å². The number of benzene rings is 1. The number of rotatable bonds is 1. The number of nitrogens with one attached hydrogen (secondary N) is 1. The van der Waals surface area contributed by atoms with Gasteiger partial charge >= 0.3 is 0 Å². The summed E-state index contributed by atoms with van der Waals surface area (Å²) in [5.41, 5.74) is 3.55. The highest BCUT2D eigenvalue weighted by Crippen LogP contribution is 2.52. The number of pyridine rings is 1. The molecule has 1 N–H and O–H groups in total. The van der Waals surface area contributed by atoms with E-state index in [-0.39, 0.29) is 11.2 Å². The second-order valence-electron chi connectivity index (χ2n) is 7.95. The first-order valence-electron chi connectivity index (χ1n) is 8.57. The predicted octanol–water partition coefficient (Wildman–Crippen LogP) is 5.22. The van der Waals surface area contributed by atoms with Crippen molar-refractivity contribution in [2.24, 2.45) is 5.41 Å². The van der Waals surface area contributed by atoms with Crippen LogP contribution >= 0.6 is 15.9 Å². The highest BCUT2D eigenvalue weighted by Gasteiger charge is 2.47. The molecule has 4 heteroatoms. The molecule has 0 radical (unpaired) electrons. The third-order valence-electron chi connectivity index (χ3n) is 5.39. The van der Waals surface area contributed by atoms with Crippen molar-refractivity contribution >= 4 is 27.5 Å². The first kappa shape index (κ1) is 16.5. The topological polar surface area (TPSA) is 42.0 Å². The molecule has 0 amide bonds. The Hall–Kier alpha value is -1.94. The zero-order chi connectivity index (χ0) is 17.8. The van der Waals surface area contributed by atoms with Crippen molar-refractivity contribution in [2.45, 2.75) is 39.0 Å². The van der Waals surface area contributed by atoms with Gasteiger partial charge in [0.25, 0.3) is 0 Å². The van der Waals surface area contributed by atoms with Gasteiger partial charge in [0.05, 0.1) is 5.41 Å². The van der Waals surface area contributed by atoms with Gasteiger partial charge < -0.3 is 5.32 Å². The van der Waals surface area contributed by atoms with Crippen LogP contribution in [0.25, 0.3) is 0 Å². The maximum Gasteiger partial charge on any atom is 0.162 e. The monoisotopic (exact) mass is 396 g/mol. The van der Waals surface area contributed by atoms with Crippen molar-refractivity contribution in [1.29, 1.82) is 0 Å². The number of nitrogens with zero attached hydrogens (tertiary/aromatic N) is 1. The molecule has 0 saturated carbocycles. The average Bonchev–Trinajstić information content (AvgIpc) is 2.53. The Balaban J connectivity index is 2.02. The lowest BCUT2D eigenvalue weighted by Gasteiger charge is -2.44. The molecular weight excluding hydrogens is 376 g/mol. The van der Waals surface area contributed by atoms with Gasteiger partial charge in [-0.15, -0.1) is 0 Å². The first-order chi connectivity index (χ1) is 11.8. The smallest absolute Gasteiger partial charge is 0.162 e. The van der Waals surface area contributed by atoms with Crippen molar-refractivity contribution < 1.29 is 4.79 Å². The molecule has 0 saturated heterocycles. The fraction of sp³-hybridized carbons (Fsp3) is 0.333. The summed E-state index contributed by atoms with van der Waals surface area (Å²) in [6.45, 7) is 6.46. The highest BCUT2D eigenvalue weighted by molar-refractivity contribution is 9.10. The standard InChI is InChI=1S/C21H21BrN2O/c1-20(2)11-16-18(17(25)12-20)21(3,13-6-4-7-14(22)10-13)15-8-5-9-23-19(15)24-16/h4-10H,11-12H2,1-3H3,(H,23,24). The minimum Gasteiger partial charge on any atom is -0.343 e. The molecule has 0 spiro atoms. The number of halogens is 1. The van der Waals surface area contributed by atoms with Gasteiger partial charge in [0, 0.05) is 33.9 Å². The van der Waals surface area contributed by atoms with Gasteiger partial charge in [0.2, 0.25) is 0 Å². The van der Waals surface area contributed by atoms with Crippen LogP contribution in [-0.2, 0) is 10.2 Å². The summed E-state index contributed by atoms with van der Waals surface area (Å²) >= 11 is 3.58. The molecule has 0 bridgehead atoms. The maximum atomic E-state index is 13.2. The normalized spacial score (nSPS) is 24.4. The van der Waals surface area contributed by atoms with Gasteiger partial charge in [-0.05, 0) is 42.5 Å². The summed E-state index contributed by atoms with van der Waals surface area (Å²) in [5.74, 6) is 1.09. The number of carbonyl (C=O) groups excluding carboxylic acids is 1. The van der Waals surface area contributed by atoms with E-state index in [9.17, 15) is 4.79 Å². The molecule has 2 aliphatic rings. The van der Waals surface area contributed by atoms with Crippen LogP contribution in [0.3, 0.4) is 0 Å². The Morgan fingerprint density at radius 1 is 1.12 bits per heavy atom. The van der Waals surface area contributed by atoms with Gasteiger partial charge in [-0.3, -0.25) is 4.79 Å². The molecule has 0 fully saturated rings. The minimum absolute atomic E-state index is 0.0343. The Morgan fingerprint density at radius 2 is 1.92 bits per heavy atom. The molecule has 128 valence electrons. The van der Waals surface area contributed by atoms with Gasteiger partial charge in [-0.2, -0.15) is 0 Å². The Labute approximate surface area is 156 Å². The lowest BCUT2D eigenvalue weighted by Crippen LogP contribution is -2.42. The highest BCUT2D eigenvalue weighted by atomic mass is 79.9. The molecule has 1 aromatic carbocycles. The summed E-state index contributed by atoms with van der Waals surface area (Å²) in [7, 11) is 0. The molecule has 3 nitrogen and oxygen atoms in total. The number of fused-ring (bicyclic) bond motifs is 1. The number of aromatic nitrogens is 1. The van der Waals surface area contributed by atoms with Crippen molar-refractivity contribution in [3.8, 4) is 0 Å². The summed E-state index contributed by atoms with van der Waals surface area (Å²) in [5, 5.41) is 3.46. The van der Waals surface area contributed by atoms with Crippen LogP contribution in [0, 0.1) is 5.41 Å². The zero-order valence-corrected chi connectivity index (χ0v) is 16.3. The fourth-order valence-electron chi connectivity index (χ4n) is 4.29. The van der Waals surface area contributed by atoms with Crippen LogP contribution in [0.4, 0.5) is 5.82 Å². The van der Waals surface area contributed by atoms with Crippen molar-refractivity contribution in [3.63, 3.8) is 0 Å². The number of ketones is 1. The van der Waals surface area contributed by atoms with Crippen molar-refractivity contribution in [2.75, 3.05) is 5.32 Å². The van der Waals surface area contributed by atoms with Crippen molar-refractivity contribution in [3.05, 3.63) is 69.5 Å². The van der Waals surface area contributed by atoms with E-state index in [0.717, 1.165) is 39.1 Å². The molecule has 1 unspecified atom stereocenters. The number of Topliss-reactive ketones (excluding diaryl/α,β-unsaturated/α-hetero) is 1. The second-order valence-corrected chi connectivity index (χ2v) is 8.87. The lowest BCUT2D eigenvalue weighted by atomic mass is 9.62. The first-order valence-corrected chi connectivity index (χ1v) is 9.36. The van der Waals surface area contributed by atoms with E-state index in [1.54, 1.807) is 6.20 Å². The molecule has 2 aromatic rings. The lowest BCUT2D eigenvalue weighted by molar-refractivity contribution is -0.118. The zero-order valence-electron chi connectivity index (χ0n) is 14.7. The summed E-state index contributed by atoms with van der Waals surface area (Å²) in [6, 6.07) is 12.3. The largest absolute Gasteiger partial charge is 0.343 e. The van der Waals surface area contributed by atoms with E-state index in [0.29, 0.717) is 6.42 Å². The molecule has 1 atom stereocenters. The van der Waals surface area contributed by atoms with E-state index >= 15 is 0 Å². The second kappa shape index (κ2) is 5.53. The van der Waals surface area contributed by atoms with Crippen LogP contribution in [0.15, 0.2) is 58.3 Å². The van der Waals surface area contributed by atoms with E-state index in [1.807, 2.05) is 18.2 Å². The number of allylic oxidation sites excluding steroid dienone is 2. The predicted molar refractivity (Wildman–Crippen MR) is 104 cm³/mol. The molecule has 25 heavy (non-hydrogen) atoms. The SMILES string of the molecule is CC1(C)CC(=O)C2=C(C1)Nc1ncccc1C2(C)c1cccc(Br)c1. The quantitative estimate of drug-likeness (QED) is 0.718. The van der Waals surface area contributed by atoms with Gasteiger partial charge in [0.1, 0.15) is 5.82 Å². The Kier molecular flexibility index (Phi) is 3.66. The van der Waals surface area contributed by atoms with Gasteiger partial charge in [-0.1, -0.05) is 48.0 Å². The Bertz CT molecular complexity index is 916. The number of carbonyl (C=O) groups is 1. The molecule has 1 aliphatic carbocycles. The van der Waals surface area contributed by atoms with E-state index < -0.39 is 5.41 Å². The maximum absolute atomic E-state index is 13.2. The molecule has 2 heterocycles. The van der Waals surface area contributed by atoms with Crippen LogP contribution in [0.2, 0.25) is 0 Å². The Morgan fingerprint density at radius 3 is 2.68 bits per heavy atom. The summed E-state index contributed by atoms with van der Waals surface area (Å²) in [6.07, 6.45) is 3.23. The summed E-state index contributed by atoms with van der Waals surface area (Å²) < 4.78 is 1.01. The van der Waals surface area contributed by atoms with Crippen LogP contribution in [-0.4, -0.2) is 10.8 Å². The third-order valence-corrected chi connectivity index (χ3v) is 5.89. The molecule has 1 aromatic heterocycles. The van der Waals surface area contributed by atoms with Gasteiger partial charge in [-0.25, -0.2) is 4.98 Å². The van der Waals surface area contributed by atoms with Crippen molar-refractivity contribution in [1.82, 2.24) is 4.98 Å². The fourth-order valence-corrected chi connectivity index (χ4v) is 4.69. The molecule has 4 rings (SSSR count). The number of hydrogen-bond donors (Lipinski definition) is 1. The van der Waals surface area contributed by atoms with E-state index in [1.165, 1.54) is 0 Å². The summed E-state index contributed by atoms with van der Waals surface area (Å²) in [4.78, 5) is 17.8. The van der Waals surface area contributed by atoms with Crippen LogP contribution in [0.5, 0.6) is 0 Å². The van der Waals surface area contributed by atoms with Gasteiger partial charge in [0.15, 0.2) is 5.78 Å². The van der Waals surface area contributed by atoms with Crippen LogP contribution < -0.4 is 5.32 Å². The van der Waals surface area contributed by atoms with E-state index in [4.69, 9.17) is 0 Å². The molecule has 1 aliphatic heterocycles. The third kappa shape index (κ3) is 2.54. The molecular formula is C21H21BrN2O. The average molecular weight is 397 g/mol.